The maximum atomic E-state index is 5.57. The predicted octanol–water partition coefficient (Wildman–Crippen LogP) is 2.73. The molecule has 0 fully saturated rings. The first-order chi connectivity index (χ1) is 7.69. The summed E-state index contributed by atoms with van der Waals surface area (Å²) in [6.07, 6.45) is 2.59. The third-order valence-corrected chi connectivity index (χ3v) is 3.18. The number of aromatic nitrogens is 2. The molecule has 0 atom stereocenters. The summed E-state index contributed by atoms with van der Waals surface area (Å²) in [6, 6.07) is 3.66. The number of rotatable bonds is 3. The molecule has 3 N–H and O–H groups in total. The Morgan fingerprint density at radius 1 is 1.44 bits per heavy atom. The van der Waals surface area contributed by atoms with Gasteiger partial charge in [-0.25, -0.2) is 9.97 Å². The predicted molar refractivity (Wildman–Crippen MR) is 68.2 cm³/mol. The van der Waals surface area contributed by atoms with Crippen LogP contribution in [0.15, 0.2) is 18.3 Å². The summed E-state index contributed by atoms with van der Waals surface area (Å²) >= 11 is 1.64. The van der Waals surface area contributed by atoms with E-state index in [2.05, 4.69) is 29.1 Å². The molecule has 0 saturated carbocycles. The number of thiazole rings is 1. The lowest BCUT2D eigenvalue weighted by Gasteiger charge is -2.00. The Bertz CT molecular complexity index is 475. The van der Waals surface area contributed by atoms with Gasteiger partial charge in [0.25, 0.3) is 0 Å². The Morgan fingerprint density at radius 2 is 2.25 bits per heavy atom. The van der Waals surface area contributed by atoms with Crippen molar-refractivity contribution >= 4 is 28.0 Å². The van der Waals surface area contributed by atoms with E-state index in [-0.39, 0.29) is 0 Å². The normalized spacial score (nSPS) is 10.4. The van der Waals surface area contributed by atoms with Crippen molar-refractivity contribution in [3.63, 3.8) is 0 Å². The minimum Gasteiger partial charge on any atom is -0.397 e. The van der Waals surface area contributed by atoms with E-state index in [1.807, 2.05) is 12.1 Å². The molecule has 4 nitrogen and oxygen atoms in total. The molecule has 16 heavy (non-hydrogen) atoms. The molecule has 2 rings (SSSR count). The second kappa shape index (κ2) is 4.49. The molecule has 0 aromatic carbocycles. The van der Waals surface area contributed by atoms with E-state index in [0.717, 1.165) is 23.1 Å². The number of hydrogen-bond donors (Lipinski definition) is 2. The van der Waals surface area contributed by atoms with Gasteiger partial charge in [-0.05, 0) is 25.5 Å². The van der Waals surface area contributed by atoms with Crippen LogP contribution in [0.25, 0.3) is 0 Å². The minimum atomic E-state index is 0.662. The summed E-state index contributed by atoms with van der Waals surface area (Å²) in [5, 5.41) is 4.05. The lowest BCUT2D eigenvalue weighted by atomic mass is 10.3. The first kappa shape index (κ1) is 10.9. The third kappa shape index (κ3) is 2.30. The Labute approximate surface area is 98.6 Å². The van der Waals surface area contributed by atoms with Gasteiger partial charge in [0, 0.05) is 4.88 Å². The maximum Gasteiger partial charge on any atom is 0.188 e. The van der Waals surface area contributed by atoms with Crippen LogP contribution in [0.3, 0.4) is 0 Å². The van der Waals surface area contributed by atoms with E-state index in [0.29, 0.717) is 5.69 Å². The van der Waals surface area contributed by atoms with Gasteiger partial charge in [0.05, 0.1) is 17.6 Å². The third-order valence-electron chi connectivity index (χ3n) is 2.25. The van der Waals surface area contributed by atoms with Crippen molar-refractivity contribution in [1.82, 2.24) is 9.97 Å². The van der Waals surface area contributed by atoms with Crippen LogP contribution < -0.4 is 11.1 Å². The van der Waals surface area contributed by atoms with Gasteiger partial charge in [0.1, 0.15) is 5.82 Å². The Hall–Kier alpha value is -1.62. The minimum absolute atomic E-state index is 0.662. The number of nitrogens with one attached hydrogen (secondary N) is 1. The number of hydrogen-bond acceptors (Lipinski definition) is 5. The Balaban J connectivity index is 2.17. The van der Waals surface area contributed by atoms with Crippen molar-refractivity contribution in [2.24, 2.45) is 0 Å². The smallest absolute Gasteiger partial charge is 0.188 e. The SMILES string of the molecule is CCc1nc(Nc2ccc(N)cn2)sc1C. The molecular formula is C11H14N4S. The molecule has 0 aliphatic heterocycles. The number of pyridine rings is 1. The van der Waals surface area contributed by atoms with Crippen LogP contribution in [0, 0.1) is 6.92 Å². The molecule has 0 aliphatic carbocycles. The molecule has 0 saturated heterocycles. The Kier molecular flexibility index (Phi) is 3.05. The second-order valence-electron chi connectivity index (χ2n) is 3.48. The highest BCUT2D eigenvalue weighted by Crippen LogP contribution is 2.24. The first-order valence-electron chi connectivity index (χ1n) is 5.14. The number of aryl methyl sites for hydroxylation is 2. The van der Waals surface area contributed by atoms with Gasteiger partial charge in [0.2, 0.25) is 0 Å². The van der Waals surface area contributed by atoms with Crippen LogP contribution in [0.2, 0.25) is 0 Å². The number of nitrogens with zero attached hydrogens (tertiary/aromatic N) is 2. The molecule has 0 radical (unpaired) electrons. The molecule has 0 bridgehead atoms. The fourth-order valence-corrected chi connectivity index (χ4v) is 2.31. The highest BCUT2D eigenvalue weighted by atomic mass is 32.1. The van der Waals surface area contributed by atoms with Crippen LogP contribution in [0.4, 0.5) is 16.6 Å². The number of nitrogens with two attached hydrogens (primary N) is 1. The van der Waals surface area contributed by atoms with E-state index in [4.69, 9.17) is 5.73 Å². The molecule has 84 valence electrons. The lowest BCUT2D eigenvalue weighted by Crippen LogP contribution is -1.94. The fraction of sp³-hybridized carbons (Fsp3) is 0.273. The van der Waals surface area contributed by atoms with Crippen LogP contribution >= 0.6 is 11.3 Å². The lowest BCUT2D eigenvalue weighted by molar-refractivity contribution is 1.04. The summed E-state index contributed by atoms with van der Waals surface area (Å²) in [5.74, 6) is 0.769. The summed E-state index contributed by atoms with van der Waals surface area (Å²) in [5.41, 5.74) is 7.37. The Morgan fingerprint density at radius 3 is 2.81 bits per heavy atom. The summed E-state index contributed by atoms with van der Waals surface area (Å²) in [4.78, 5) is 9.90. The summed E-state index contributed by atoms with van der Waals surface area (Å²) in [7, 11) is 0. The molecule has 0 amide bonds. The highest BCUT2D eigenvalue weighted by Gasteiger charge is 2.05. The maximum absolute atomic E-state index is 5.57. The molecule has 0 unspecified atom stereocenters. The zero-order chi connectivity index (χ0) is 11.5. The average molecular weight is 234 g/mol. The summed E-state index contributed by atoms with van der Waals surface area (Å²) < 4.78 is 0. The van der Waals surface area contributed by atoms with Crippen LogP contribution in [0.5, 0.6) is 0 Å². The number of nitrogen functional groups attached to an aromatic ring is 1. The molecule has 2 aromatic heterocycles. The topological polar surface area (TPSA) is 63.8 Å². The molecule has 2 heterocycles. The second-order valence-corrected chi connectivity index (χ2v) is 4.68. The van der Waals surface area contributed by atoms with E-state index >= 15 is 0 Å². The van der Waals surface area contributed by atoms with Crippen molar-refractivity contribution in [3.8, 4) is 0 Å². The fourth-order valence-electron chi connectivity index (χ4n) is 1.40. The summed E-state index contributed by atoms with van der Waals surface area (Å²) in [6.45, 7) is 4.19. The van der Waals surface area contributed by atoms with Crippen LogP contribution in [-0.4, -0.2) is 9.97 Å². The van der Waals surface area contributed by atoms with Gasteiger partial charge in [-0.2, -0.15) is 0 Å². The van der Waals surface area contributed by atoms with E-state index < -0.39 is 0 Å². The van der Waals surface area contributed by atoms with Gasteiger partial charge in [-0.3, -0.25) is 0 Å². The quantitative estimate of drug-likeness (QED) is 0.857. The molecule has 2 aromatic rings. The zero-order valence-electron chi connectivity index (χ0n) is 9.32. The zero-order valence-corrected chi connectivity index (χ0v) is 10.1. The first-order valence-corrected chi connectivity index (χ1v) is 5.95. The highest BCUT2D eigenvalue weighted by molar-refractivity contribution is 7.15. The van der Waals surface area contributed by atoms with Crippen molar-refractivity contribution < 1.29 is 0 Å². The van der Waals surface area contributed by atoms with Crippen molar-refractivity contribution in [2.75, 3.05) is 11.1 Å². The van der Waals surface area contributed by atoms with Gasteiger partial charge < -0.3 is 11.1 Å². The molecule has 5 heteroatoms. The van der Waals surface area contributed by atoms with Gasteiger partial charge in [-0.15, -0.1) is 11.3 Å². The molecular weight excluding hydrogens is 220 g/mol. The van der Waals surface area contributed by atoms with Gasteiger partial charge in [0.15, 0.2) is 5.13 Å². The van der Waals surface area contributed by atoms with E-state index in [1.54, 1.807) is 17.5 Å². The largest absolute Gasteiger partial charge is 0.397 e. The standard InChI is InChI=1S/C11H14N4S/c1-3-9-7(2)16-11(14-9)15-10-5-4-8(12)6-13-10/h4-6H,3,12H2,1-2H3,(H,13,14,15). The van der Waals surface area contributed by atoms with E-state index in [1.165, 1.54) is 4.88 Å². The molecule has 0 aliphatic rings. The van der Waals surface area contributed by atoms with E-state index in [9.17, 15) is 0 Å². The average Bonchev–Trinajstić information content (AvgIpc) is 2.62. The number of anilines is 3. The van der Waals surface area contributed by atoms with Crippen molar-refractivity contribution in [3.05, 3.63) is 28.9 Å². The van der Waals surface area contributed by atoms with Crippen molar-refractivity contribution in [1.29, 1.82) is 0 Å². The van der Waals surface area contributed by atoms with Crippen molar-refractivity contribution in [2.45, 2.75) is 20.3 Å². The van der Waals surface area contributed by atoms with Gasteiger partial charge >= 0.3 is 0 Å². The monoisotopic (exact) mass is 234 g/mol. The van der Waals surface area contributed by atoms with Crippen LogP contribution in [-0.2, 0) is 6.42 Å². The van der Waals surface area contributed by atoms with Gasteiger partial charge in [-0.1, -0.05) is 6.92 Å². The molecule has 0 spiro atoms. The van der Waals surface area contributed by atoms with Crippen LogP contribution in [0.1, 0.15) is 17.5 Å².